The van der Waals surface area contributed by atoms with Gasteiger partial charge in [-0.15, -0.1) is 0 Å². The summed E-state index contributed by atoms with van der Waals surface area (Å²) in [7, 11) is 0. The highest BCUT2D eigenvalue weighted by atomic mass is 19.4. The van der Waals surface area contributed by atoms with Crippen LogP contribution in [0.1, 0.15) is 16.2 Å². The van der Waals surface area contributed by atoms with Crippen LogP contribution in [0.15, 0.2) is 30.6 Å². The Labute approximate surface area is 157 Å². The van der Waals surface area contributed by atoms with E-state index in [0.717, 1.165) is 6.20 Å². The van der Waals surface area contributed by atoms with Gasteiger partial charge in [-0.25, -0.2) is 20.8 Å². The van der Waals surface area contributed by atoms with Crippen LogP contribution in [0.3, 0.4) is 0 Å². The molecular formula is C17H17F3N6O2. The standard InChI is InChI=1S/C17H17F3N6O2/c18-17(19,20)14-13(2-1-4-22-14)28-8-11-9-6-26(7-10(9)11)16-23-5-3-12(24-16)15(27)25-21/h1-5,9-11H,6-8,21H2,(H,25,27)/t9-,10+,11-. The van der Waals surface area contributed by atoms with Crippen molar-refractivity contribution in [2.75, 3.05) is 24.6 Å². The van der Waals surface area contributed by atoms with E-state index < -0.39 is 17.8 Å². The molecule has 0 spiro atoms. The number of hydrogen-bond acceptors (Lipinski definition) is 7. The number of fused-ring (bicyclic) bond motifs is 1. The van der Waals surface area contributed by atoms with Crippen LogP contribution in [0, 0.1) is 17.8 Å². The molecule has 2 aromatic heterocycles. The fourth-order valence-corrected chi connectivity index (χ4v) is 3.67. The van der Waals surface area contributed by atoms with Gasteiger partial charge in [-0.3, -0.25) is 10.2 Å². The maximum absolute atomic E-state index is 13.0. The molecule has 2 aromatic rings. The molecule has 1 aliphatic carbocycles. The summed E-state index contributed by atoms with van der Waals surface area (Å²) in [6, 6.07) is 4.16. The summed E-state index contributed by atoms with van der Waals surface area (Å²) in [5.74, 6) is 5.55. The van der Waals surface area contributed by atoms with Gasteiger partial charge in [0.2, 0.25) is 5.95 Å². The van der Waals surface area contributed by atoms with Crippen LogP contribution in [-0.2, 0) is 6.18 Å². The topological polar surface area (TPSA) is 106 Å². The Bertz CT molecular complexity index is 881. The average Bonchev–Trinajstić information content (AvgIpc) is 3.14. The van der Waals surface area contributed by atoms with Crippen molar-refractivity contribution in [3.05, 3.63) is 42.0 Å². The maximum atomic E-state index is 13.0. The number of ether oxygens (including phenoxy) is 1. The second-order valence-corrected chi connectivity index (χ2v) is 6.77. The van der Waals surface area contributed by atoms with Gasteiger partial charge < -0.3 is 9.64 Å². The fourth-order valence-electron chi connectivity index (χ4n) is 3.67. The zero-order valence-electron chi connectivity index (χ0n) is 14.6. The van der Waals surface area contributed by atoms with Crippen molar-refractivity contribution < 1.29 is 22.7 Å². The number of halogens is 3. The molecule has 1 saturated heterocycles. The number of nitrogens with zero attached hydrogens (tertiary/aromatic N) is 4. The summed E-state index contributed by atoms with van der Waals surface area (Å²) < 4.78 is 44.4. The van der Waals surface area contributed by atoms with Gasteiger partial charge in [0.25, 0.3) is 5.91 Å². The number of carbonyl (C=O) groups excluding carboxylic acids is 1. The molecule has 0 bridgehead atoms. The van der Waals surface area contributed by atoms with Crippen molar-refractivity contribution in [1.29, 1.82) is 0 Å². The number of aromatic nitrogens is 3. The number of piperidine rings is 1. The summed E-state index contributed by atoms with van der Waals surface area (Å²) >= 11 is 0. The van der Waals surface area contributed by atoms with Gasteiger partial charge in [-0.2, -0.15) is 13.2 Å². The van der Waals surface area contributed by atoms with Crippen LogP contribution in [0.2, 0.25) is 0 Å². The van der Waals surface area contributed by atoms with Gasteiger partial charge in [-0.1, -0.05) is 0 Å². The van der Waals surface area contributed by atoms with Crippen LogP contribution in [0.5, 0.6) is 5.75 Å². The number of nitrogens with two attached hydrogens (primary N) is 1. The van der Waals surface area contributed by atoms with Crippen molar-refractivity contribution in [2.24, 2.45) is 23.6 Å². The number of nitrogen functional groups attached to an aromatic ring is 1. The number of rotatable bonds is 5. The van der Waals surface area contributed by atoms with E-state index in [-0.39, 0.29) is 24.0 Å². The molecule has 4 rings (SSSR count). The van der Waals surface area contributed by atoms with Gasteiger partial charge in [0.05, 0.1) is 6.61 Å². The van der Waals surface area contributed by atoms with E-state index in [1.165, 1.54) is 24.4 Å². The third-order valence-corrected chi connectivity index (χ3v) is 5.13. The molecule has 1 amide bonds. The number of hydrogen-bond donors (Lipinski definition) is 2. The maximum Gasteiger partial charge on any atom is 0.437 e. The number of pyridine rings is 1. The number of alkyl halides is 3. The van der Waals surface area contributed by atoms with Gasteiger partial charge in [0, 0.05) is 31.4 Å². The summed E-state index contributed by atoms with van der Waals surface area (Å²) in [5.41, 5.74) is 1.18. The molecule has 2 aliphatic rings. The Morgan fingerprint density at radius 1 is 1.25 bits per heavy atom. The van der Waals surface area contributed by atoms with E-state index in [1.807, 2.05) is 10.3 Å². The lowest BCUT2D eigenvalue weighted by atomic mass is 10.2. The number of amides is 1. The molecule has 3 atom stereocenters. The monoisotopic (exact) mass is 394 g/mol. The largest absolute Gasteiger partial charge is 0.491 e. The molecular weight excluding hydrogens is 377 g/mol. The van der Waals surface area contributed by atoms with E-state index in [2.05, 4.69) is 15.0 Å². The Kier molecular flexibility index (Phi) is 4.53. The number of nitrogens with one attached hydrogen (secondary N) is 1. The van der Waals surface area contributed by atoms with Crippen LogP contribution in [0.25, 0.3) is 0 Å². The lowest BCUT2D eigenvalue weighted by molar-refractivity contribution is -0.142. The molecule has 0 radical (unpaired) electrons. The zero-order valence-corrected chi connectivity index (χ0v) is 14.6. The molecule has 1 aliphatic heterocycles. The highest BCUT2D eigenvalue weighted by Crippen LogP contribution is 2.52. The van der Waals surface area contributed by atoms with Crippen LogP contribution in [-0.4, -0.2) is 40.6 Å². The van der Waals surface area contributed by atoms with Crippen molar-refractivity contribution in [3.63, 3.8) is 0 Å². The molecule has 0 aromatic carbocycles. The lowest BCUT2D eigenvalue weighted by Crippen LogP contribution is -2.32. The fraction of sp³-hybridized carbons (Fsp3) is 0.412. The second-order valence-electron chi connectivity index (χ2n) is 6.77. The van der Waals surface area contributed by atoms with Crippen molar-refractivity contribution in [3.8, 4) is 5.75 Å². The third-order valence-electron chi connectivity index (χ3n) is 5.13. The predicted molar refractivity (Wildman–Crippen MR) is 91.1 cm³/mol. The lowest BCUT2D eigenvalue weighted by Gasteiger charge is -2.20. The first-order valence-electron chi connectivity index (χ1n) is 8.62. The summed E-state index contributed by atoms with van der Waals surface area (Å²) in [6.45, 7) is 1.52. The van der Waals surface area contributed by atoms with E-state index >= 15 is 0 Å². The Morgan fingerprint density at radius 2 is 2.00 bits per heavy atom. The number of carbonyl (C=O) groups is 1. The molecule has 28 heavy (non-hydrogen) atoms. The van der Waals surface area contributed by atoms with Crippen molar-refractivity contribution >= 4 is 11.9 Å². The molecule has 148 valence electrons. The number of anilines is 1. The molecule has 2 fully saturated rings. The molecule has 8 nitrogen and oxygen atoms in total. The minimum Gasteiger partial charge on any atom is -0.491 e. The van der Waals surface area contributed by atoms with E-state index in [1.54, 1.807) is 0 Å². The normalized spacial score (nSPS) is 23.3. The average molecular weight is 394 g/mol. The van der Waals surface area contributed by atoms with Gasteiger partial charge in [0.1, 0.15) is 11.4 Å². The van der Waals surface area contributed by atoms with Crippen LogP contribution >= 0.6 is 0 Å². The second kappa shape index (κ2) is 6.89. The summed E-state index contributed by atoms with van der Waals surface area (Å²) in [4.78, 5) is 25.3. The van der Waals surface area contributed by atoms with Crippen LogP contribution < -0.4 is 20.9 Å². The summed E-state index contributed by atoms with van der Waals surface area (Å²) in [6.07, 6.45) is -1.97. The highest BCUT2D eigenvalue weighted by Gasteiger charge is 2.56. The first kappa shape index (κ1) is 18.4. The molecule has 3 heterocycles. The first-order valence-corrected chi connectivity index (χ1v) is 8.62. The van der Waals surface area contributed by atoms with E-state index in [9.17, 15) is 18.0 Å². The quantitative estimate of drug-likeness (QED) is 0.447. The van der Waals surface area contributed by atoms with Gasteiger partial charge in [-0.05, 0) is 30.0 Å². The Hall–Kier alpha value is -2.95. The smallest absolute Gasteiger partial charge is 0.437 e. The first-order chi connectivity index (χ1) is 13.4. The third kappa shape index (κ3) is 3.44. The number of hydrazine groups is 1. The molecule has 3 N–H and O–H groups in total. The molecule has 11 heteroatoms. The Morgan fingerprint density at radius 3 is 2.68 bits per heavy atom. The highest BCUT2D eigenvalue weighted by molar-refractivity contribution is 5.91. The Balaban J connectivity index is 1.35. The molecule has 1 saturated carbocycles. The van der Waals surface area contributed by atoms with E-state index in [4.69, 9.17) is 10.6 Å². The van der Waals surface area contributed by atoms with Gasteiger partial charge >= 0.3 is 6.18 Å². The molecule has 0 unspecified atom stereocenters. The van der Waals surface area contributed by atoms with E-state index in [0.29, 0.717) is 30.9 Å². The minimum absolute atomic E-state index is 0.171. The SMILES string of the molecule is NNC(=O)c1ccnc(N2C[C@@H]3[C@H](COc4cccnc4C(F)(F)F)[C@@H]3C2)n1. The summed E-state index contributed by atoms with van der Waals surface area (Å²) in [5, 5.41) is 0. The minimum atomic E-state index is -4.55. The predicted octanol–water partition coefficient (Wildman–Crippen LogP) is 1.26. The zero-order chi connectivity index (χ0) is 19.9. The van der Waals surface area contributed by atoms with Crippen molar-refractivity contribution in [1.82, 2.24) is 20.4 Å². The van der Waals surface area contributed by atoms with Crippen LogP contribution in [0.4, 0.5) is 19.1 Å². The van der Waals surface area contributed by atoms with Crippen molar-refractivity contribution in [2.45, 2.75) is 6.18 Å². The van der Waals surface area contributed by atoms with Gasteiger partial charge in [0.15, 0.2) is 5.69 Å².